The van der Waals surface area contributed by atoms with Gasteiger partial charge in [-0.2, -0.15) is 0 Å². The number of carbonyl (C=O) groups excluding carboxylic acids is 8. The van der Waals surface area contributed by atoms with Crippen LogP contribution in [0.1, 0.15) is 82.7 Å². The second-order valence-electron chi connectivity index (χ2n) is 21.6. The molecule has 26 nitrogen and oxygen atoms in total. The molecule has 0 radical (unpaired) electrons. The number of phenols is 1. The van der Waals surface area contributed by atoms with Crippen LogP contribution in [-0.4, -0.2) is 132 Å². The van der Waals surface area contributed by atoms with E-state index in [1.807, 2.05) is 52.0 Å². The molecule has 84 heavy (non-hydrogen) atoms. The van der Waals surface area contributed by atoms with Crippen LogP contribution in [0.4, 0.5) is 0 Å². The number of carbonyl (C=O) groups is 8. The maximum Gasteiger partial charge on any atom is 0.261 e. The molecule has 0 saturated carbocycles. The third kappa shape index (κ3) is 18.7. The van der Waals surface area contributed by atoms with Gasteiger partial charge in [0.25, 0.3) is 5.56 Å². The van der Waals surface area contributed by atoms with E-state index in [-0.39, 0.29) is 80.0 Å². The van der Waals surface area contributed by atoms with E-state index in [0.717, 1.165) is 21.0 Å². The van der Waals surface area contributed by atoms with Gasteiger partial charge >= 0.3 is 0 Å². The first-order chi connectivity index (χ1) is 39.9. The fourth-order valence-corrected chi connectivity index (χ4v) is 9.15. The van der Waals surface area contributed by atoms with Gasteiger partial charge in [0.05, 0.1) is 30.0 Å². The van der Waals surface area contributed by atoms with Crippen LogP contribution in [0, 0.1) is 18.8 Å². The SMILES string of the molecule is Cc1ccc2ncn(CC(=O)N[C@@H](CCCN=C(N)N)C(=O)N[C@@H](Cc3cnc[nH]3)C(=O)N[C@@H](Cc3ccc(O)cc3)C(=O)N[C@@H](CC(C)C)C(=O)N[C@@H](CC(N)=O)C(=O)N[C@@H](Cc3c[nH]c4ccccc34)C(=O)N[C@H](C)C(C)C)c(=O)c2c1. The Labute approximate surface area is 484 Å². The van der Waals surface area contributed by atoms with Crippen LogP contribution < -0.4 is 60.0 Å². The van der Waals surface area contributed by atoms with Crippen LogP contribution in [0.25, 0.3) is 21.8 Å². The number of aryl methyl sites for hydroxylation is 1. The first-order valence-electron chi connectivity index (χ1n) is 27.7. The minimum atomic E-state index is -1.62. The standard InChI is InChI=1S/C58H76N16O10/c1-31(2)20-44(53(80)73-48(25-49(59)76)56(83)71-46(52(79)67-34(6)32(3)4)23-36-26-64-41-11-8-7-10-39(36)41)69-54(81)45(22-35-14-16-38(75)17-15-35)70-55(82)47(24-37-27-62-29-65-37)72-51(78)43(12-9-19-63-58(60)61)68-50(77)28-74-30-66-42-18-13-33(5)21-40(42)57(74)84/h7-8,10-11,13-18,21,26-27,29-32,34,43-48,64,75H,9,12,19-20,22-25,28H2,1-6H3,(H2,59,76)(H,62,65)(H,67,79)(H,68,77)(H,69,81)(H,70,82)(H,71,83)(H,72,78)(H,73,80)(H4,60,61,63)/t34-,43+,44+,45+,46+,47+,48+/m1/s1. The molecule has 3 aromatic carbocycles. The highest BCUT2D eigenvalue weighted by Crippen LogP contribution is 2.20. The number of benzene rings is 3. The Kier molecular flexibility index (Phi) is 22.6. The predicted octanol–water partition coefficient (Wildman–Crippen LogP) is 0.388. The highest BCUT2D eigenvalue weighted by molar-refractivity contribution is 5.99. The van der Waals surface area contributed by atoms with E-state index in [2.05, 4.69) is 62.1 Å². The van der Waals surface area contributed by atoms with Gasteiger partial charge in [-0.3, -0.25) is 52.7 Å². The largest absolute Gasteiger partial charge is 0.508 e. The number of primary amides is 1. The Morgan fingerprint density at radius 1 is 0.679 bits per heavy atom. The molecule has 7 atom stereocenters. The van der Waals surface area contributed by atoms with Crippen molar-refractivity contribution in [2.75, 3.05) is 6.54 Å². The Morgan fingerprint density at radius 2 is 1.29 bits per heavy atom. The van der Waals surface area contributed by atoms with E-state index < -0.39 is 102 Å². The molecule has 0 unspecified atom stereocenters. The second-order valence-corrected chi connectivity index (χ2v) is 21.6. The number of fused-ring (bicyclic) bond motifs is 2. The number of guanidine groups is 1. The Morgan fingerprint density at radius 3 is 1.93 bits per heavy atom. The van der Waals surface area contributed by atoms with Gasteiger partial charge in [-0.25, -0.2) is 9.97 Å². The Balaban J connectivity index is 1.24. The molecular weight excluding hydrogens is 1080 g/mol. The number of hydrogen-bond donors (Lipinski definition) is 13. The van der Waals surface area contributed by atoms with Gasteiger partial charge < -0.3 is 69.5 Å². The Bertz CT molecular complexity index is 3370. The lowest BCUT2D eigenvalue weighted by molar-refractivity contribution is -0.136. The highest BCUT2D eigenvalue weighted by Gasteiger charge is 2.35. The van der Waals surface area contributed by atoms with Crippen LogP contribution in [0.15, 0.2) is 102 Å². The number of amides is 8. The number of nitrogens with zero attached hydrogens (tertiary/aromatic N) is 4. The predicted molar refractivity (Wildman–Crippen MR) is 314 cm³/mol. The summed E-state index contributed by atoms with van der Waals surface area (Å²) in [4.78, 5) is 145. The maximum atomic E-state index is 14.7. The summed E-state index contributed by atoms with van der Waals surface area (Å²) in [6.07, 6.45) is 4.79. The zero-order valence-corrected chi connectivity index (χ0v) is 47.9. The summed E-state index contributed by atoms with van der Waals surface area (Å²) in [5.41, 5.74) is 19.8. The molecule has 0 aliphatic rings. The number of hydrogen-bond acceptors (Lipinski definition) is 13. The van der Waals surface area contributed by atoms with Crippen molar-refractivity contribution in [3.05, 3.63) is 125 Å². The number of aliphatic imine (C=N–C) groups is 1. The average Bonchev–Trinajstić information content (AvgIpc) is 4.21. The van der Waals surface area contributed by atoms with Crippen molar-refractivity contribution in [3.8, 4) is 5.75 Å². The van der Waals surface area contributed by atoms with Crippen molar-refractivity contribution < 1.29 is 43.5 Å². The summed E-state index contributed by atoms with van der Waals surface area (Å²) in [6, 6.07) is 9.59. The summed E-state index contributed by atoms with van der Waals surface area (Å²) >= 11 is 0. The molecular formula is C58H76N16O10. The van der Waals surface area contributed by atoms with Crippen LogP contribution >= 0.6 is 0 Å². The highest BCUT2D eigenvalue weighted by atomic mass is 16.3. The minimum Gasteiger partial charge on any atom is -0.508 e. The monoisotopic (exact) mass is 1160 g/mol. The fraction of sp³-hybridized carbons (Fsp3) is 0.414. The number of aromatic hydroxyl groups is 1. The molecule has 448 valence electrons. The van der Waals surface area contributed by atoms with Gasteiger partial charge in [-0.1, -0.05) is 69.7 Å². The molecule has 6 aromatic rings. The molecule has 26 heteroatoms. The van der Waals surface area contributed by atoms with Crippen molar-refractivity contribution in [3.63, 3.8) is 0 Å². The third-order valence-electron chi connectivity index (χ3n) is 14.0. The number of para-hydroxylation sites is 1. The van der Waals surface area contributed by atoms with Crippen molar-refractivity contribution in [2.45, 2.75) is 135 Å². The fourth-order valence-electron chi connectivity index (χ4n) is 9.15. The normalized spacial score (nSPS) is 13.8. The van der Waals surface area contributed by atoms with Crippen LogP contribution in [-0.2, 0) is 64.2 Å². The first kappa shape index (κ1) is 63.6. The van der Waals surface area contributed by atoms with Gasteiger partial charge in [0, 0.05) is 60.8 Å². The number of phenolic OH excluding ortho intramolecular Hbond substituents is 1. The number of aromatic amines is 2. The summed E-state index contributed by atoms with van der Waals surface area (Å²) in [5, 5.41) is 30.3. The maximum absolute atomic E-state index is 14.7. The number of H-pyrrole nitrogens is 2. The quantitative estimate of drug-likeness (QED) is 0.0165. The summed E-state index contributed by atoms with van der Waals surface area (Å²) in [6.45, 7) is 10.6. The molecule has 3 aromatic heterocycles. The van der Waals surface area contributed by atoms with E-state index in [1.165, 1.54) is 43.1 Å². The molecule has 0 bridgehead atoms. The topological polar surface area (TPSA) is 411 Å². The second kappa shape index (κ2) is 29.9. The molecule has 0 spiro atoms. The lowest BCUT2D eigenvalue weighted by Crippen LogP contribution is -2.61. The van der Waals surface area contributed by atoms with Crippen molar-refractivity contribution in [2.24, 2.45) is 34.0 Å². The average molecular weight is 1160 g/mol. The summed E-state index contributed by atoms with van der Waals surface area (Å²) in [7, 11) is 0. The van der Waals surface area contributed by atoms with Gasteiger partial charge in [-0.15, -0.1) is 0 Å². The van der Waals surface area contributed by atoms with E-state index in [4.69, 9.17) is 17.2 Å². The Hall–Kier alpha value is -9.62. The number of nitrogens with one attached hydrogen (secondary N) is 9. The molecule has 0 fully saturated rings. The van der Waals surface area contributed by atoms with Crippen LogP contribution in [0.3, 0.4) is 0 Å². The van der Waals surface area contributed by atoms with Gasteiger partial charge in [-0.05, 0) is 86.4 Å². The number of rotatable bonds is 30. The van der Waals surface area contributed by atoms with Crippen LogP contribution in [0.5, 0.6) is 5.75 Å². The van der Waals surface area contributed by atoms with E-state index in [0.29, 0.717) is 22.3 Å². The van der Waals surface area contributed by atoms with E-state index >= 15 is 0 Å². The van der Waals surface area contributed by atoms with Crippen molar-refractivity contribution in [1.82, 2.24) is 61.7 Å². The lowest BCUT2D eigenvalue weighted by atomic mass is 9.99. The molecule has 0 saturated heterocycles. The number of imidazole rings is 1. The molecule has 8 amide bonds. The van der Waals surface area contributed by atoms with Gasteiger partial charge in [0.15, 0.2) is 5.96 Å². The van der Waals surface area contributed by atoms with Gasteiger partial charge in [0.1, 0.15) is 48.5 Å². The number of aromatic nitrogens is 5. The molecule has 0 aliphatic heterocycles. The van der Waals surface area contributed by atoms with Crippen molar-refractivity contribution >= 4 is 75.0 Å². The molecule has 0 aliphatic carbocycles. The van der Waals surface area contributed by atoms with Gasteiger partial charge in [0.2, 0.25) is 47.3 Å². The van der Waals surface area contributed by atoms with E-state index in [9.17, 15) is 48.3 Å². The van der Waals surface area contributed by atoms with E-state index in [1.54, 1.807) is 38.2 Å². The molecule has 3 heterocycles. The molecule has 6 rings (SSSR count). The first-order valence-corrected chi connectivity index (χ1v) is 27.7. The lowest BCUT2D eigenvalue weighted by Gasteiger charge is -2.28. The number of nitrogens with two attached hydrogens (primary N) is 3. The van der Waals surface area contributed by atoms with Crippen LogP contribution in [0.2, 0.25) is 0 Å². The molecule has 16 N–H and O–H groups in total. The summed E-state index contributed by atoms with van der Waals surface area (Å²) in [5.74, 6) is -7.11. The zero-order chi connectivity index (χ0) is 61.2. The summed E-state index contributed by atoms with van der Waals surface area (Å²) < 4.78 is 1.10. The smallest absolute Gasteiger partial charge is 0.261 e. The zero-order valence-electron chi connectivity index (χ0n) is 47.9. The minimum absolute atomic E-state index is 0.0124. The third-order valence-corrected chi connectivity index (χ3v) is 14.0. The van der Waals surface area contributed by atoms with Crippen molar-refractivity contribution in [1.29, 1.82) is 0 Å².